The van der Waals surface area contributed by atoms with Crippen LogP contribution < -0.4 is 0 Å². The minimum atomic E-state index is -0.342. The van der Waals surface area contributed by atoms with Crippen molar-refractivity contribution in [1.29, 1.82) is 0 Å². The number of Topliss-reactive ketones (excluding diaryl/α,β-unsaturated/α-hetero) is 1. The fraction of sp³-hybridized carbons (Fsp3) is 0.867. The monoisotopic (exact) mass is 288 g/mol. The Morgan fingerprint density at radius 3 is 2.30 bits per heavy atom. The topological polar surface area (TPSA) is 61.8 Å². The molecule has 0 saturated heterocycles. The third-order valence-electron chi connectivity index (χ3n) is 2.67. The summed E-state index contributed by atoms with van der Waals surface area (Å²) in [6.07, 6.45) is 5.32. The van der Waals surface area contributed by atoms with E-state index in [0.717, 1.165) is 38.7 Å². The van der Waals surface area contributed by atoms with Crippen LogP contribution in [0.3, 0.4) is 0 Å². The number of ether oxygens (including phenoxy) is 3. The minimum absolute atomic E-state index is 0.0232. The molecule has 0 aromatic heterocycles. The van der Waals surface area contributed by atoms with Gasteiger partial charge in [0.1, 0.15) is 12.4 Å². The number of unbranched alkanes of at least 4 members (excludes halogenated alkanes) is 3. The molecule has 118 valence electrons. The van der Waals surface area contributed by atoms with Gasteiger partial charge in [0, 0.05) is 13.0 Å². The van der Waals surface area contributed by atoms with E-state index in [1.54, 1.807) is 6.92 Å². The van der Waals surface area contributed by atoms with Crippen molar-refractivity contribution < 1.29 is 23.8 Å². The predicted molar refractivity (Wildman–Crippen MR) is 76.7 cm³/mol. The first-order valence-corrected chi connectivity index (χ1v) is 7.47. The number of hydrogen-bond acceptors (Lipinski definition) is 5. The molecule has 5 heteroatoms. The third-order valence-corrected chi connectivity index (χ3v) is 2.67. The van der Waals surface area contributed by atoms with Gasteiger partial charge in [0.2, 0.25) is 0 Å². The summed E-state index contributed by atoms with van der Waals surface area (Å²) < 4.78 is 15.4. The Bertz CT molecular complexity index is 253. The van der Waals surface area contributed by atoms with Gasteiger partial charge in [-0.05, 0) is 32.6 Å². The molecule has 0 heterocycles. The molecule has 0 atom stereocenters. The number of ketones is 1. The van der Waals surface area contributed by atoms with Crippen LogP contribution in [-0.2, 0) is 23.8 Å². The first-order chi connectivity index (χ1) is 9.66. The summed E-state index contributed by atoms with van der Waals surface area (Å²) in [5.74, 6) is -0.137. The summed E-state index contributed by atoms with van der Waals surface area (Å²) in [4.78, 5) is 22.0. The molecule has 20 heavy (non-hydrogen) atoms. The molecular weight excluding hydrogens is 260 g/mol. The van der Waals surface area contributed by atoms with Crippen LogP contribution in [0.1, 0.15) is 52.4 Å². The average molecular weight is 288 g/mol. The molecule has 0 aromatic carbocycles. The van der Waals surface area contributed by atoms with Crippen LogP contribution in [0.2, 0.25) is 0 Å². The van der Waals surface area contributed by atoms with E-state index in [-0.39, 0.29) is 18.4 Å². The Kier molecular flexibility index (Phi) is 13.8. The van der Waals surface area contributed by atoms with Gasteiger partial charge in [-0.15, -0.1) is 0 Å². The summed E-state index contributed by atoms with van der Waals surface area (Å²) in [6.45, 7) is 5.73. The molecule has 0 spiro atoms. The maximum Gasteiger partial charge on any atom is 0.332 e. The molecule has 5 nitrogen and oxygen atoms in total. The molecule has 0 rings (SSSR count). The van der Waals surface area contributed by atoms with E-state index in [2.05, 4.69) is 6.92 Å². The molecule has 0 N–H and O–H groups in total. The highest BCUT2D eigenvalue weighted by molar-refractivity contribution is 5.75. The van der Waals surface area contributed by atoms with E-state index in [1.807, 2.05) is 0 Å². The molecule has 0 bridgehead atoms. The fourth-order valence-corrected chi connectivity index (χ4v) is 1.50. The van der Waals surface area contributed by atoms with Crippen molar-refractivity contribution in [3.8, 4) is 0 Å². The zero-order valence-electron chi connectivity index (χ0n) is 12.8. The van der Waals surface area contributed by atoms with E-state index < -0.39 is 0 Å². The van der Waals surface area contributed by atoms with Crippen molar-refractivity contribution in [2.75, 3.05) is 33.0 Å². The average Bonchev–Trinajstić information content (AvgIpc) is 2.41. The molecule has 0 saturated carbocycles. The number of rotatable bonds is 14. The van der Waals surface area contributed by atoms with Crippen molar-refractivity contribution in [3.63, 3.8) is 0 Å². The smallest absolute Gasteiger partial charge is 0.332 e. The Morgan fingerprint density at radius 2 is 1.60 bits per heavy atom. The third kappa shape index (κ3) is 15.1. The molecule has 0 aliphatic carbocycles. The predicted octanol–water partition coefficient (Wildman–Crippen LogP) is 2.51. The standard InChI is InChI=1S/C15H28O5/c1-3-4-9-18-11-12-19-13-15(17)20-10-7-5-6-8-14(2)16/h3-13H2,1-2H3. The van der Waals surface area contributed by atoms with Crippen molar-refractivity contribution in [3.05, 3.63) is 0 Å². The molecule has 0 aliphatic heterocycles. The summed E-state index contributed by atoms with van der Waals surface area (Å²) in [7, 11) is 0. The van der Waals surface area contributed by atoms with E-state index in [1.165, 1.54) is 0 Å². The summed E-state index contributed by atoms with van der Waals surface area (Å²) in [6, 6.07) is 0. The van der Waals surface area contributed by atoms with Gasteiger partial charge in [0.15, 0.2) is 0 Å². The molecule has 0 radical (unpaired) electrons. The summed E-state index contributed by atoms with van der Waals surface area (Å²) >= 11 is 0. The second-order valence-corrected chi connectivity index (χ2v) is 4.75. The van der Waals surface area contributed by atoms with Gasteiger partial charge in [0.05, 0.1) is 19.8 Å². The Morgan fingerprint density at radius 1 is 0.850 bits per heavy atom. The number of hydrogen-bond donors (Lipinski definition) is 0. The molecule has 0 aromatic rings. The Balaban J connectivity index is 3.19. The molecular formula is C15H28O5. The lowest BCUT2D eigenvalue weighted by molar-refractivity contribution is -0.149. The Labute approximate surface area is 122 Å². The fourth-order valence-electron chi connectivity index (χ4n) is 1.50. The lowest BCUT2D eigenvalue weighted by Crippen LogP contribution is -2.16. The number of carbonyl (C=O) groups excluding carboxylic acids is 2. The summed E-state index contributed by atoms with van der Waals surface area (Å²) in [5, 5.41) is 0. The first kappa shape index (κ1) is 19.1. The van der Waals surface area contributed by atoms with Crippen LogP contribution >= 0.6 is 0 Å². The first-order valence-electron chi connectivity index (χ1n) is 7.47. The van der Waals surface area contributed by atoms with Gasteiger partial charge in [-0.1, -0.05) is 13.3 Å². The zero-order valence-corrected chi connectivity index (χ0v) is 12.8. The van der Waals surface area contributed by atoms with Gasteiger partial charge in [-0.25, -0.2) is 4.79 Å². The van der Waals surface area contributed by atoms with Crippen LogP contribution in [0, 0.1) is 0 Å². The Hall–Kier alpha value is -0.940. The van der Waals surface area contributed by atoms with Crippen molar-refractivity contribution >= 4 is 11.8 Å². The minimum Gasteiger partial charge on any atom is -0.464 e. The van der Waals surface area contributed by atoms with Gasteiger partial charge in [-0.2, -0.15) is 0 Å². The lowest BCUT2D eigenvalue weighted by Gasteiger charge is -2.06. The van der Waals surface area contributed by atoms with Crippen LogP contribution in [-0.4, -0.2) is 44.8 Å². The second-order valence-electron chi connectivity index (χ2n) is 4.75. The second kappa shape index (κ2) is 14.5. The highest BCUT2D eigenvalue weighted by Gasteiger charge is 2.02. The molecule has 0 aliphatic rings. The van der Waals surface area contributed by atoms with Crippen molar-refractivity contribution in [2.24, 2.45) is 0 Å². The van der Waals surface area contributed by atoms with E-state index in [9.17, 15) is 9.59 Å². The molecule has 0 unspecified atom stereocenters. The quantitative estimate of drug-likeness (QED) is 0.363. The van der Waals surface area contributed by atoms with Crippen LogP contribution in [0.4, 0.5) is 0 Å². The van der Waals surface area contributed by atoms with E-state index >= 15 is 0 Å². The molecule has 0 fully saturated rings. The maximum atomic E-state index is 11.3. The number of esters is 1. The largest absolute Gasteiger partial charge is 0.464 e. The van der Waals surface area contributed by atoms with Crippen LogP contribution in [0.25, 0.3) is 0 Å². The van der Waals surface area contributed by atoms with E-state index in [0.29, 0.717) is 26.2 Å². The van der Waals surface area contributed by atoms with Gasteiger partial charge < -0.3 is 19.0 Å². The molecule has 0 amide bonds. The highest BCUT2D eigenvalue weighted by atomic mass is 16.6. The van der Waals surface area contributed by atoms with Crippen LogP contribution in [0.5, 0.6) is 0 Å². The zero-order chi connectivity index (χ0) is 15.1. The summed E-state index contributed by atoms with van der Waals surface area (Å²) in [5.41, 5.74) is 0. The maximum absolute atomic E-state index is 11.3. The van der Waals surface area contributed by atoms with Crippen molar-refractivity contribution in [1.82, 2.24) is 0 Å². The van der Waals surface area contributed by atoms with E-state index in [4.69, 9.17) is 14.2 Å². The lowest BCUT2D eigenvalue weighted by atomic mass is 10.1. The normalized spacial score (nSPS) is 10.5. The SMILES string of the molecule is CCCCOCCOCC(=O)OCCCCCC(C)=O. The van der Waals surface area contributed by atoms with Gasteiger partial charge >= 0.3 is 5.97 Å². The highest BCUT2D eigenvalue weighted by Crippen LogP contribution is 2.00. The number of carbonyl (C=O) groups is 2. The van der Waals surface area contributed by atoms with Gasteiger partial charge in [0.25, 0.3) is 0 Å². The van der Waals surface area contributed by atoms with Crippen molar-refractivity contribution in [2.45, 2.75) is 52.4 Å². The van der Waals surface area contributed by atoms with Gasteiger partial charge in [-0.3, -0.25) is 0 Å². The van der Waals surface area contributed by atoms with Crippen LogP contribution in [0.15, 0.2) is 0 Å².